The van der Waals surface area contributed by atoms with Gasteiger partial charge in [0.05, 0.1) is 12.6 Å². The summed E-state index contributed by atoms with van der Waals surface area (Å²) in [7, 11) is 0. The Morgan fingerprint density at radius 1 is 1.11 bits per heavy atom. The summed E-state index contributed by atoms with van der Waals surface area (Å²) in [6.45, 7) is 1.13. The van der Waals surface area contributed by atoms with Gasteiger partial charge in [0.2, 0.25) is 5.91 Å². The third-order valence-electron chi connectivity index (χ3n) is 5.56. The number of aromatic nitrogens is 2. The first-order valence-electron chi connectivity index (χ1n) is 9.88. The number of fused-ring (bicyclic) bond motifs is 1. The van der Waals surface area contributed by atoms with E-state index in [1.165, 1.54) is 6.42 Å². The maximum Gasteiger partial charge on any atom is 0.272 e. The SMILES string of the molecule is O=C(NCc1ccccc1)c1cc2n(n1)CC(NC(=O)C1CCCCC1)C2. The van der Waals surface area contributed by atoms with Crippen LogP contribution in [0.5, 0.6) is 0 Å². The Kier molecular flexibility index (Phi) is 5.23. The van der Waals surface area contributed by atoms with Crippen LogP contribution in [0.25, 0.3) is 0 Å². The van der Waals surface area contributed by atoms with E-state index in [-0.39, 0.29) is 23.8 Å². The van der Waals surface area contributed by atoms with Crippen molar-refractivity contribution in [2.45, 2.75) is 57.7 Å². The van der Waals surface area contributed by atoms with Gasteiger partial charge in [0.15, 0.2) is 0 Å². The van der Waals surface area contributed by atoms with Crippen LogP contribution < -0.4 is 10.6 Å². The van der Waals surface area contributed by atoms with Gasteiger partial charge in [-0.3, -0.25) is 14.3 Å². The fourth-order valence-electron chi connectivity index (χ4n) is 4.06. The van der Waals surface area contributed by atoms with E-state index in [1.807, 2.05) is 41.1 Å². The number of carbonyl (C=O) groups is 2. The number of hydrogen-bond donors (Lipinski definition) is 2. The average molecular weight is 366 g/mol. The molecule has 0 saturated heterocycles. The summed E-state index contributed by atoms with van der Waals surface area (Å²) in [5.74, 6) is 0.195. The van der Waals surface area contributed by atoms with E-state index in [2.05, 4.69) is 15.7 Å². The van der Waals surface area contributed by atoms with Crippen molar-refractivity contribution in [3.63, 3.8) is 0 Å². The van der Waals surface area contributed by atoms with Crippen LogP contribution in [0.1, 0.15) is 53.8 Å². The Morgan fingerprint density at radius 2 is 1.89 bits per heavy atom. The standard InChI is InChI=1S/C21H26N4O2/c26-20(16-9-5-2-6-10-16)23-17-11-18-12-19(24-25(18)14-17)21(27)22-13-15-7-3-1-4-8-15/h1,3-4,7-8,12,16-17H,2,5-6,9-11,13-14H2,(H,22,27)(H,23,26). The van der Waals surface area contributed by atoms with Crippen LogP contribution in [0.4, 0.5) is 0 Å². The van der Waals surface area contributed by atoms with Crippen molar-refractivity contribution in [3.8, 4) is 0 Å². The van der Waals surface area contributed by atoms with E-state index < -0.39 is 0 Å². The zero-order chi connectivity index (χ0) is 18.6. The molecule has 0 spiro atoms. The largest absolute Gasteiger partial charge is 0.351 e. The quantitative estimate of drug-likeness (QED) is 0.853. The minimum absolute atomic E-state index is 0.0864. The topological polar surface area (TPSA) is 76.0 Å². The van der Waals surface area contributed by atoms with Crippen molar-refractivity contribution in [1.82, 2.24) is 20.4 Å². The molecule has 1 aromatic carbocycles. The third-order valence-corrected chi connectivity index (χ3v) is 5.56. The molecule has 2 amide bonds. The molecule has 1 fully saturated rings. The minimum Gasteiger partial charge on any atom is -0.351 e. The van der Waals surface area contributed by atoms with Crippen molar-refractivity contribution in [3.05, 3.63) is 53.3 Å². The Hall–Kier alpha value is -2.63. The monoisotopic (exact) mass is 366 g/mol. The summed E-state index contributed by atoms with van der Waals surface area (Å²) in [4.78, 5) is 24.7. The van der Waals surface area contributed by atoms with Crippen LogP contribution in [-0.2, 0) is 24.3 Å². The highest BCUT2D eigenvalue weighted by Crippen LogP contribution is 2.24. The fraction of sp³-hybridized carbons (Fsp3) is 0.476. The van der Waals surface area contributed by atoms with Crippen molar-refractivity contribution in [2.75, 3.05) is 0 Å². The lowest BCUT2D eigenvalue weighted by Crippen LogP contribution is -2.40. The Morgan fingerprint density at radius 3 is 2.63 bits per heavy atom. The van der Waals surface area contributed by atoms with Crippen LogP contribution in [0.15, 0.2) is 36.4 Å². The molecule has 6 nitrogen and oxygen atoms in total. The highest BCUT2D eigenvalue weighted by molar-refractivity contribution is 5.92. The Labute approximate surface area is 159 Å². The Bertz CT molecular complexity index is 785. The molecule has 0 radical (unpaired) electrons. The summed E-state index contributed by atoms with van der Waals surface area (Å²) < 4.78 is 1.85. The molecule has 4 rings (SSSR count). The number of nitrogens with one attached hydrogen (secondary N) is 2. The van der Waals surface area contributed by atoms with E-state index in [0.717, 1.165) is 43.4 Å². The fourth-order valence-corrected chi connectivity index (χ4v) is 4.06. The number of amides is 2. The zero-order valence-corrected chi connectivity index (χ0v) is 15.5. The maximum atomic E-state index is 12.4. The lowest BCUT2D eigenvalue weighted by molar-refractivity contribution is -0.126. The second-order valence-corrected chi connectivity index (χ2v) is 7.62. The number of nitrogens with zero attached hydrogens (tertiary/aromatic N) is 2. The highest BCUT2D eigenvalue weighted by atomic mass is 16.2. The lowest BCUT2D eigenvalue weighted by atomic mass is 9.88. The number of benzene rings is 1. The molecule has 2 aliphatic rings. The molecule has 27 heavy (non-hydrogen) atoms. The molecule has 2 N–H and O–H groups in total. The van der Waals surface area contributed by atoms with Gasteiger partial charge in [-0.1, -0.05) is 49.6 Å². The van der Waals surface area contributed by atoms with Crippen molar-refractivity contribution in [1.29, 1.82) is 0 Å². The molecule has 1 aliphatic carbocycles. The van der Waals surface area contributed by atoms with Gasteiger partial charge in [-0.05, 0) is 24.5 Å². The van der Waals surface area contributed by atoms with E-state index in [0.29, 0.717) is 18.8 Å². The molecule has 2 aromatic rings. The van der Waals surface area contributed by atoms with E-state index in [1.54, 1.807) is 0 Å². The molecule has 1 unspecified atom stereocenters. The number of carbonyl (C=O) groups excluding carboxylic acids is 2. The van der Waals surface area contributed by atoms with Gasteiger partial charge in [0.1, 0.15) is 5.69 Å². The van der Waals surface area contributed by atoms with E-state index in [4.69, 9.17) is 0 Å². The first kappa shape index (κ1) is 17.8. The molecular formula is C21H26N4O2. The predicted molar refractivity (Wildman–Crippen MR) is 102 cm³/mol. The van der Waals surface area contributed by atoms with Gasteiger partial charge in [-0.2, -0.15) is 5.10 Å². The molecular weight excluding hydrogens is 340 g/mol. The number of hydrogen-bond acceptors (Lipinski definition) is 3. The molecule has 1 aliphatic heterocycles. The molecule has 1 atom stereocenters. The van der Waals surface area contributed by atoms with Gasteiger partial charge < -0.3 is 10.6 Å². The molecule has 6 heteroatoms. The second-order valence-electron chi connectivity index (χ2n) is 7.62. The van der Waals surface area contributed by atoms with E-state index >= 15 is 0 Å². The van der Waals surface area contributed by atoms with Crippen molar-refractivity contribution < 1.29 is 9.59 Å². The molecule has 1 saturated carbocycles. The van der Waals surface area contributed by atoms with Gasteiger partial charge >= 0.3 is 0 Å². The van der Waals surface area contributed by atoms with Crippen LogP contribution in [0.3, 0.4) is 0 Å². The van der Waals surface area contributed by atoms with Gasteiger partial charge in [0, 0.05) is 24.6 Å². The van der Waals surface area contributed by atoms with Gasteiger partial charge in [0.25, 0.3) is 5.91 Å². The summed E-state index contributed by atoms with van der Waals surface area (Å²) in [6.07, 6.45) is 6.32. The summed E-state index contributed by atoms with van der Waals surface area (Å²) >= 11 is 0. The predicted octanol–water partition coefficient (Wildman–Crippen LogP) is 2.43. The average Bonchev–Trinajstić information content (AvgIpc) is 3.26. The first-order valence-corrected chi connectivity index (χ1v) is 9.88. The van der Waals surface area contributed by atoms with Gasteiger partial charge in [-0.15, -0.1) is 0 Å². The molecule has 0 bridgehead atoms. The first-order chi connectivity index (χ1) is 13.2. The van der Waals surface area contributed by atoms with Crippen molar-refractivity contribution >= 4 is 11.8 Å². The van der Waals surface area contributed by atoms with E-state index in [9.17, 15) is 9.59 Å². The van der Waals surface area contributed by atoms with Gasteiger partial charge in [-0.25, -0.2) is 0 Å². The molecule has 1 aromatic heterocycles. The highest BCUT2D eigenvalue weighted by Gasteiger charge is 2.29. The van der Waals surface area contributed by atoms with Crippen LogP contribution in [0, 0.1) is 5.92 Å². The smallest absolute Gasteiger partial charge is 0.272 e. The summed E-state index contributed by atoms with van der Waals surface area (Å²) in [6, 6.07) is 11.7. The molecule has 2 heterocycles. The van der Waals surface area contributed by atoms with Crippen molar-refractivity contribution in [2.24, 2.45) is 5.92 Å². The Balaban J connectivity index is 1.29. The minimum atomic E-state index is -0.163. The lowest BCUT2D eigenvalue weighted by Gasteiger charge is -2.22. The number of rotatable bonds is 5. The summed E-state index contributed by atoms with van der Waals surface area (Å²) in [5, 5.41) is 10.5. The van der Waals surface area contributed by atoms with Crippen LogP contribution in [0.2, 0.25) is 0 Å². The second kappa shape index (κ2) is 7.94. The zero-order valence-electron chi connectivity index (χ0n) is 15.5. The van der Waals surface area contributed by atoms with Crippen LogP contribution in [-0.4, -0.2) is 27.6 Å². The molecule has 142 valence electrons. The summed E-state index contributed by atoms with van der Waals surface area (Å²) in [5.41, 5.74) is 2.51. The normalized spacial score (nSPS) is 19.5. The van der Waals surface area contributed by atoms with Crippen LogP contribution >= 0.6 is 0 Å². The maximum absolute atomic E-state index is 12.4. The third kappa shape index (κ3) is 4.21.